The Balaban J connectivity index is 2.26. The van der Waals surface area contributed by atoms with Gasteiger partial charge in [-0.25, -0.2) is 4.79 Å². The normalized spacial score (nSPS) is 21.8. The maximum atomic E-state index is 15.0. The van der Waals surface area contributed by atoms with Crippen molar-refractivity contribution in [1.29, 1.82) is 0 Å². The maximum absolute atomic E-state index is 15.0. The topological polar surface area (TPSA) is 682 Å². The summed E-state index contributed by atoms with van der Waals surface area (Å²) in [7, 11) is 1.83. The van der Waals surface area contributed by atoms with Crippen LogP contribution in [0.2, 0.25) is 0 Å². The Morgan fingerprint density at radius 1 is 0.612 bits per heavy atom. The lowest BCUT2D eigenvalue weighted by Gasteiger charge is -2.32. The molecule has 1 aliphatic heterocycles. The van der Waals surface area contributed by atoms with E-state index in [1.54, 1.807) is 30.5 Å². The highest BCUT2D eigenvalue weighted by molar-refractivity contribution is 6.02. The quantitative estimate of drug-likeness (QED) is 0.0222. The number of carbonyl (C=O) groups is 20. The number of aromatic nitrogens is 1. The number of nitrogens with two attached hydrogens (primary N) is 3. The fourth-order valence-electron chi connectivity index (χ4n) is 11.8. The Morgan fingerprint density at radius 2 is 1.20 bits per heavy atom. The van der Waals surface area contributed by atoms with Crippen molar-refractivity contribution in [3.8, 4) is 0 Å². The molecule has 116 heavy (non-hydrogen) atoms. The standard InChI is InChI=1S/C73H111N17O26/c1-9-36(3)19-13-11-12-14-23-51(92)80-46(29-40-33-77-42-21-16-15-20-41(40)42)68(109)83-45(25-27-55(97)98)67(108)89-60(61(102)62(76)103)71(112)88-59-39(6)116-73(114)58(37(4)10-2)87-66(107)44(24-26-54(95)96)84-69(110)47(30-50(75)91)81-52(93)34-78-64(105)49(32-57(101)115-8)86-65(106)43(22-17-18-28-74)82-70(111)48(31-56(99)100)85-63(104)38(5)79-53(94)35-90(7)72(59)113/h15-16,20-21,33,36-39,43-49,58-61,77,102H,9-14,17-19,22-32,34-35,74H2,1-8H3,(H2,75,91)(H2,76,103)(H,78,105)(H,79,94)(H,80,92)(H,81,93)(H,82,111)(H,83,109)(H,84,110)(H,85,104)(H,86,106)(H,87,107)(H,88,112)(H,89,108)(H,95,96)(H,97,98)(H,99,100)/t36?,37-,38-,39+,43-,44-,45-,46-,47-,48-,49-,58-,59-,60-,61?/m0/s1. The Hall–Kier alpha value is -11.9. The molecule has 1 fully saturated rings. The first-order valence-electron chi connectivity index (χ1n) is 37.9. The maximum Gasteiger partial charge on any atom is 0.329 e. The van der Waals surface area contributed by atoms with E-state index in [9.17, 15) is 116 Å². The number of amides is 15. The summed E-state index contributed by atoms with van der Waals surface area (Å²) in [5.41, 5.74) is 17.8. The van der Waals surface area contributed by atoms with E-state index in [-0.39, 0.29) is 45.1 Å². The number of carbonyl (C=O) groups excluding carboxylic acids is 17. The number of benzene rings is 1. The zero-order chi connectivity index (χ0) is 87.2. The number of nitrogens with zero attached hydrogens (tertiary/aromatic N) is 1. The second kappa shape index (κ2) is 49.7. The summed E-state index contributed by atoms with van der Waals surface area (Å²) in [5, 5.41) is 68.4. The number of aromatic amines is 1. The van der Waals surface area contributed by atoms with Crippen LogP contribution >= 0.6 is 0 Å². The van der Waals surface area contributed by atoms with Gasteiger partial charge in [0.25, 0.3) is 0 Å². The van der Waals surface area contributed by atoms with Gasteiger partial charge in [0.1, 0.15) is 72.6 Å². The van der Waals surface area contributed by atoms with Gasteiger partial charge in [0.15, 0.2) is 6.10 Å². The number of likely N-dealkylation sites (N-methyl/N-ethyl adjacent to an activating group) is 1. The lowest BCUT2D eigenvalue weighted by molar-refractivity contribution is -0.159. The molecule has 2 heterocycles. The summed E-state index contributed by atoms with van der Waals surface area (Å²) in [4.78, 5) is 277. The summed E-state index contributed by atoms with van der Waals surface area (Å²) < 4.78 is 10.4. The number of primary amides is 2. The van der Waals surface area contributed by atoms with Gasteiger partial charge in [-0.15, -0.1) is 0 Å². The number of esters is 2. The van der Waals surface area contributed by atoms with Crippen LogP contribution in [0.15, 0.2) is 30.5 Å². The van der Waals surface area contributed by atoms with Gasteiger partial charge in [0.2, 0.25) is 88.6 Å². The van der Waals surface area contributed by atoms with Gasteiger partial charge < -0.3 is 121 Å². The average molecular weight is 1640 g/mol. The number of hydrogen-bond donors (Lipinski definition) is 20. The van der Waals surface area contributed by atoms with Crippen LogP contribution in [0.4, 0.5) is 0 Å². The number of aliphatic hydroxyl groups excluding tert-OH is 1. The number of cyclic esters (lactones) is 1. The molecule has 1 saturated heterocycles. The second-order valence-electron chi connectivity index (χ2n) is 28.3. The number of fused-ring (bicyclic) bond motifs is 1. The van der Waals surface area contributed by atoms with Crippen molar-refractivity contribution >= 4 is 129 Å². The number of unbranched alkanes of at least 4 members (excludes halogenated alkanes) is 4. The Kier molecular flexibility index (Phi) is 42.1. The van der Waals surface area contributed by atoms with E-state index in [1.165, 1.54) is 13.8 Å². The van der Waals surface area contributed by atoms with Crippen LogP contribution in [0, 0.1) is 11.8 Å². The highest BCUT2D eigenvalue weighted by Gasteiger charge is 2.43. The van der Waals surface area contributed by atoms with Crippen LogP contribution < -0.4 is 81.0 Å². The molecule has 0 radical (unpaired) electrons. The molecule has 644 valence electrons. The third-order valence-corrected chi connectivity index (χ3v) is 19.0. The molecule has 0 saturated carbocycles. The smallest absolute Gasteiger partial charge is 0.329 e. The molecule has 23 N–H and O–H groups in total. The molecule has 0 aliphatic carbocycles. The molecule has 43 heteroatoms. The van der Waals surface area contributed by atoms with Gasteiger partial charge in [-0.3, -0.25) is 91.1 Å². The van der Waals surface area contributed by atoms with E-state index >= 15 is 0 Å². The minimum absolute atomic E-state index is 0.0191. The summed E-state index contributed by atoms with van der Waals surface area (Å²) in [6.07, 6.45) is -5.18. The SMILES string of the molecule is CCC(C)CCCCCCC(=O)N[C@@H](Cc1c[nH]c2ccccc12)C(=O)N[C@@H](CCC(=O)O)C(=O)N[C@H](C(=O)N[C@@H]1C(=O)N(C)CC(=O)N[C@@H](C)C(=O)N[C@@H](CC(=O)O)C(=O)N[C@@H](CCCCN)C(=O)N[C@@H](CC(=O)OC)C(=O)NCC(=O)N[C@@H](CC(N)=O)C(=O)N[C@@H](CCC(=O)O)C(=O)N[C@@H]([C@@H](C)CC)C(=O)O[C@@H]1C)C(O)C(N)=O. The van der Waals surface area contributed by atoms with Gasteiger partial charge in [-0.2, -0.15) is 0 Å². The predicted octanol–water partition coefficient (Wildman–Crippen LogP) is -5.37. The zero-order valence-corrected chi connectivity index (χ0v) is 66.1. The third kappa shape index (κ3) is 34.0. The van der Waals surface area contributed by atoms with Crippen molar-refractivity contribution in [1.82, 2.24) is 73.7 Å². The van der Waals surface area contributed by atoms with Gasteiger partial charge >= 0.3 is 29.8 Å². The molecule has 0 spiro atoms. The molecule has 2 aromatic rings. The van der Waals surface area contributed by atoms with E-state index in [0.717, 1.165) is 53.7 Å². The molecule has 1 aliphatic rings. The van der Waals surface area contributed by atoms with Gasteiger partial charge in [-0.1, -0.05) is 84.4 Å². The van der Waals surface area contributed by atoms with Crippen molar-refractivity contribution < 1.29 is 126 Å². The number of rotatable bonds is 37. The van der Waals surface area contributed by atoms with Gasteiger partial charge in [0.05, 0.1) is 39.5 Å². The number of nitrogens with one attached hydrogen (secondary N) is 13. The van der Waals surface area contributed by atoms with E-state index in [2.05, 4.69) is 87.4 Å². The highest BCUT2D eigenvalue weighted by Crippen LogP contribution is 2.22. The molecule has 1 aromatic carbocycles. The summed E-state index contributed by atoms with van der Waals surface area (Å²) in [5.74, 6) is -27.5. The summed E-state index contributed by atoms with van der Waals surface area (Å²) >= 11 is 0. The molecule has 15 amide bonds. The van der Waals surface area contributed by atoms with Gasteiger partial charge in [-0.05, 0) is 82.4 Å². The monoisotopic (exact) mass is 1640 g/mol. The fourth-order valence-corrected chi connectivity index (χ4v) is 11.8. The van der Waals surface area contributed by atoms with Crippen molar-refractivity contribution in [2.45, 2.75) is 242 Å². The number of para-hydroxylation sites is 1. The lowest BCUT2D eigenvalue weighted by atomic mass is 9.98. The minimum atomic E-state index is -2.79. The summed E-state index contributed by atoms with van der Waals surface area (Å²) in [6, 6.07) is -15.0. The van der Waals surface area contributed by atoms with Crippen molar-refractivity contribution in [3.05, 3.63) is 36.0 Å². The molecule has 43 nitrogen and oxygen atoms in total. The van der Waals surface area contributed by atoms with Crippen LogP contribution in [0.1, 0.15) is 163 Å². The second-order valence-corrected chi connectivity index (χ2v) is 28.3. The third-order valence-electron chi connectivity index (χ3n) is 19.0. The van der Waals surface area contributed by atoms with Crippen molar-refractivity contribution in [3.63, 3.8) is 0 Å². The number of hydrogen-bond acceptors (Lipinski definition) is 24. The molecule has 15 atom stereocenters. The van der Waals surface area contributed by atoms with Crippen LogP contribution in [0.3, 0.4) is 0 Å². The first-order valence-corrected chi connectivity index (χ1v) is 37.9. The van der Waals surface area contributed by atoms with Crippen LogP contribution in [0.5, 0.6) is 0 Å². The molecular weight excluding hydrogens is 1530 g/mol. The summed E-state index contributed by atoms with van der Waals surface area (Å²) in [6.45, 7) is 6.89. The first kappa shape index (κ1) is 98.3. The number of H-pyrrole nitrogens is 1. The largest absolute Gasteiger partial charge is 0.481 e. The van der Waals surface area contributed by atoms with E-state index < -0.39 is 261 Å². The van der Waals surface area contributed by atoms with Crippen LogP contribution in [-0.4, -0.2) is 261 Å². The number of carboxylic acids is 3. The highest BCUT2D eigenvalue weighted by atomic mass is 16.5. The Bertz CT molecular complexity index is 3840. The molecule has 1 aromatic heterocycles. The first-order chi connectivity index (χ1) is 54.6. The molecule has 2 unspecified atom stereocenters. The zero-order valence-electron chi connectivity index (χ0n) is 66.1. The van der Waals surface area contributed by atoms with Gasteiger partial charge in [0, 0.05) is 49.8 Å². The van der Waals surface area contributed by atoms with E-state index in [4.69, 9.17) is 21.9 Å². The van der Waals surface area contributed by atoms with Crippen LogP contribution in [0.25, 0.3) is 10.9 Å². The van der Waals surface area contributed by atoms with Crippen molar-refractivity contribution in [2.75, 3.05) is 33.8 Å². The molecule has 0 bridgehead atoms. The lowest BCUT2D eigenvalue weighted by Crippen LogP contribution is -2.64. The fraction of sp³-hybridized carbons (Fsp3) is 0.616. The van der Waals surface area contributed by atoms with E-state index in [1.807, 2.05) is 0 Å². The number of methoxy groups -OCH3 is 1. The number of ether oxygens (including phenoxy) is 2. The number of aliphatic carboxylic acids is 3. The molecular formula is C73H111N17O26. The Morgan fingerprint density at radius 3 is 1.80 bits per heavy atom. The van der Waals surface area contributed by atoms with Crippen molar-refractivity contribution in [2.24, 2.45) is 29.0 Å². The predicted molar refractivity (Wildman–Crippen MR) is 406 cm³/mol. The average Bonchev–Trinajstić information content (AvgIpc) is 1.12. The number of aliphatic hydroxyl groups is 1. The minimum Gasteiger partial charge on any atom is -0.481 e. The van der Waals surface area contributed by atoms with E-state index in [0.29, 0.717) is 40.1 Å². The van der Waals surface area contributed by atoms with Crippen LogP contribution in [-0.2, 0) is 112 Å². The number of carboxylic acid groups (broad SMARTS) is 3. The molecule has 3 rings (SSSR count). The Labute approximate surface area is 667 Å².